The van der Waals surface area contributed by atoms with Crippen molar-refractivity contribution in [3.05, 3.63) is 47.7 Å². The van der Waals surface area contributed by atoms with E-state index in [1.807, 2.05) is 30.3 Å². The molecular weight excluding hydrogens is 280 g/mol. The maximum absolute atomic E-state index is 12.6. The number of hydrogen-bond donors (Lipinski definition) is 1. The molecule has 1 saturated carbocycles. The second kappa shape index (κ2) is 6.75. The lowest BCUT2D eigenvalue weighted by atomic mass is 10.1. The van der Waals surface area contributed by atoms with Gasteiger partial charge in [0, 0.05) is 6.07 Å². The Morgan fingerprint density at radius 1 is 1.32 bits per heavy atom. The minimum atomic E-state index is -0.624. The SMILES string of the molecule is Cc1cc(NC(=O)[C@H](OC2CCCC2)c2ccccc2)no1. The van der Waals surface area contributed by atoms with Crippen molar-refractivity contribution in [2.75, 3.05) is 5.32 Å². The molecule has 22 heavy (non-hydrogen) atoms. The lowest BCUT2D eigenvalue weighted by Crippen LogP contribution is -2.26. The highest BCUT2D eigenvalue weighted by Gasteiger charge is 2.27. The third kappa shape index (κ3) is 3.54. The molecule has 1 atom stereocenters. The highest BCUT2D eigenvalue weighted by atomic mass is 16.5. The van der Waals surface area contributed by atoms with Crippen LogP contribution < -0.4 is 5.32 Å². The number of amides is 1. The Bertz CT molecular complexity index is 618. The molecule has 0 bridgehead atoms. The summed E-state index contributed by atoms with van der Waals surface area (Å²) in [6.45, 7) is 1.78. The average molecular weight is 300 g/mol. The van der Waals surface area contributed by atoms with Gasteiger partial charge in [0.05, 0.1) is 6.10 Å². The molecule has 0 radical (unpaired) electrons. The topological polar surface area (TPSA) is 64.4 Å². The summed E-state index contributed by atoms with van der Waals surface area (Å²) >= 11 is 0. The second-order valence-electron chi connectivity index (χ2n) is 5.65. The molecule has 116 valence electrons. The van der Waals surface area contributed by atoms with E-state index >= 15 is 0 Å². The fourth-order valence-electron chi connectivity index (χ4n) is 2.75. The largest absolute Gasteiger partial charge is 0.360 e. The minimum absolute atomic E-state index is 0.148. The predicted molar refractivity (Wildman–Crippen MR) is 82.4 cm³/mol. The van der Waals surface area contributed by atoms with Gasteiger partial charge in [0.15, 0.2) is 11.9 Å². The molecule has 3 rings (SSSR count). The molecule has 5 heteroatoms. The van der Waals surface area contributed by atoms with E-state index in [9.17, 15) is 4.79 Å². The zero-order chi connectivity index (χ0) is 15.4. The van der Waals surface area contributed by atoms with E-state index in [4.69, 9.17) is 9.26 Å². The van der Waals surface area contributed by atoms with Gasteiger partial charge in [-0.15, -0.1) is 0 Å². The number of anilines is 1. The van der Waals surface area contributed by atoms with Crippen LogP contribution in [-0.4, -0.2) is 17.2 Å². The molecule has 0 aliphatic heterocycles. The maximum atomic E-state index is 12.6. The Hall–Kier alpha value is -2.14. The van der Waals surface area contributed by atoms with Crippen molar-refractivity contribution < 1.29 is 14.1 Å². The maximum Gasteiger partial charge on any atom is 0.259 e. The van der Waals surface area contributed by atoms with Gasteiger partial charge in [-0.2, -0.15) is 0 Å². The monoisotopic (exact) mass is 300 g/mol. The molecule has 1 aliphatic rings. The molecule has 1 amide bonds. The molecule has 1 aromatic carbocycles. The molecular formula is C17H20N2O3. The summed E-state index contributed by atoms with van der Waals surface area (Å²) < 4.78 is 11.0. The van der Waals surface area contributed by atoms with Gasteiger partial charge < -0.3 is 14.6 Å². The van der Waals surface area contributed by atoms with Gasteiger partial charge in [-0.05, 0) is 25.3 Å². The molecule has 2 aromatic rings. The molecule has 0 saturated heterocycles. The first kappa shape index (κ1) is 14.8. The molecule has 1 heterocycles. The van der Waals surface area contributed by atoms with Crippen LogP contribution >= 0.6 is 0 Å². The fourth-order valence-corrected chi connectivity index (χ4v) is 2.75. The lowest BCUT2D eigenvalue weighted by Gasteiger charge is -2.21. The van der Waals surface area contributed by atoms with Crippen molar-refractivity contribution in [1.82, 2.24) is 5.16 Å². The number of nitrogens with one attached hydrogen (secondary N) is 1. The first-order chi connectivity index (χ1) is 10.7. The van der Waals surface area contributed by atoms with E-state index in [1.165, 1.54) is 0 Å². The van der Waals surface area contributed by atoms with Crippen molar-refractivity contribution in [2.45, 2.75) is 44.8 Å². The Labute approximate surface area is 129 Å². The molecule has 0 unspecified atom stereocenters. The van der Waals surface area contributed by atoms with Crippen molar-refractivity contribution in [3.8, 4) is 0 Å². The van der Waals surface area contributed by atoms with Crippen molar-refractivity contribution in [2.24, 2.45) is 0 Å². The number of benzene rings is 1. The molecule has 1 aliphatic carbocycles. The Morgan fingerprint density at radius 2 is 2.05 bits per heavy atom. The summed E-state index contributed by atoms with van der Waals surface area (Å²) in [5, 5.41) is 6.57. The van der Waals surface area contributed by atoms with Crippen LogP contribution in [-0.2, 0) is 9.53 Å². The first-order valence-corrected chi connectivity index (χ1v) is 7.67. The Morgan fingerprint density at radius 3 is 2.68 bits per heavy atom. The lowest BCUT2D eigenvalue weighted by molar-refractivity contribution is -0.131. The van der Waals surface area contributed by atoms with E-state index in [0.29, 0.717) is 11.6 Å². The summed E-state index contributed by atoms with van der Waals surface area (Å²) in [5.74, 6) is 0.855. The quantitative estimate of drug-likeness (QED) is 0.916. The van der Waals surface area contributed by atoms with Gasteiger partial charge in [-0.1, -0.05) is 48.3 Å². The Kier molecular flexibility index (Phi) is 4.53. The number of carbonyl (C=O) groups is 1. The van der Waals surface area contributed by atoms with Gasteiger partial charge in [0.25, 0.3) is 5.91 Å². The van der Waals surface area contributed by atoms with E-state index in [1.54, 1.807) is 13.0 Å². The molecule has 5 nitrogen and oxygen atoms in total. The number of rotatable bonds is 5. The number of ether oxygens (including phenoxy) is 1. The summed E-state index contributed by atoms with van der Waals surface area (Å²) in [4.78, 5) is 12.6. The molecule has 1 N–H and O–H groups in total. The van der Waals surface area contributed by atoms with Gasteiger partial charge in [-0.25, -0.2) is 0 Å². The second-order valence-corrected chi connectivity index (χ2v) is 5.65. The van der Waals surface area contributed by atoms with Crippen LogP contribution in [0, 0.1) is 6.92 Å². The molecule has 0 spiro atoms. The number of aryl methyl sites for hydroxylation is 1. The number of aromatic nitrogens is 1. The van der Waals surface area contributed by atoms with Crippen LogP contribution in [0.3, 0.4) is 0 Å². The zero-order valence-corrected chi connectivity index (χ0v) is 12.6. The van der Waals surface area contributed by atoms with Crippen molar-refractivity contribution in [1.29, 1.82) is 0 Å². The highest BCUT2D eigenvalue weighted by Crippen LogP contribution is 2.28. The number of carbonyl (C=O) groups excluding carboxylic acids is 1. The molecule has 1 aromatic heterocycles. The zero-order valence-electron chi connectivity index (χ0n) is 12.6. The standard InChI is InChI=1S/C17H20N2O3/c1-12-11-15(19-22-12)18-17(20)16(13-7-3-2-4-8-13)21-14-9-5-6-10-14/h2-4,7-8,11,14,16H,5-6,9-10H2,1H3,(H,18,19,20)/t16-/m1/s1. The summed E-state index contributed by atoms with van der Waals surface area (Å²) in [6, 6.07) is 11.3. The predicted octanol–water partition coefficient (Wildman–Crippen LogP) is 3.62. The highest BCUT2D eigenvalue weighted by molar-refractivity contribution is 5.94. The first-order valence-electron chi connectivity index (χ1n) is 7.67. The third-order valence-corrected chi connectivity index (χ3v) is 3.85. The van der Waals surface area contributed by atoms with E-state index < -0.39 is 6.10 Å². The van der Waals surface area contributed by atoms with Gasteiger partial charge in [0.1, 0.15) is 5.76 Å². The van der Waals surface area contributed by atoms with Crippen LogP contribution in [0.5, 0.6) is 0 Å². The number of nitrogens with zero attached hydrogens (tertiary/aromatic N) is 1. The summed E-state index contributed by atoms with van der Waals surface area (Å²) in [7, 11) is 0. The van der Waals surface area contributed by atoms with E-state index in [0.717, 1.165) is 31.2 Å². The smallest absolute Gasteiger partial charge is 0.259 e. The molecule has 1 fully saturated rings. The van der Waals surface area contributed by atoms with E-state index in [-0.39, 0.29) is 12.0 Å². The fraction of sp³-hybridized carbons (Fsp3) is 0.412. The van der Waals surface area contributed by atoms with Crippen LogP contribution in [0.25, 0.3) is 0 Å². The van der Waals surface area contributed by atoms with Gasteiger partial charge in [0.2, 0.25) is 0 Å². The van der Waals surface area contributed by atoms with Gasteiger partial charge >= 0.3 is 0 Å². The van der Waals surface area contributed by atoms with Crippen LogP contribution in [0.1, 0.15) is 43.1 Å². The average Bonchev–Trinajstić information content (AvgIpc) is 3.17. The minimum Gasteiger partial charge on any atom is -0.360 e. The van der Waals surface area contributed by atoms with Crippen LogP contribution in [0.15, 0.2) is 40.9 Å². The normalized spacial score (nSPS) is 16.6. The van der Waals surface area contributed by atoms with Crippen LogP contribution in [0.2, 0.25) is 0 Å². The summed E-state index contributed by atoms with van der Waals surface area (Å²) in [6.07, 6.45) is 3.88. The van der Waals surface area contributed by atoms with Gasteiger partial charge in [-0.3, -0.25) is 4.79 Å². The van der Waals surface area contributed by atoms with E-state index in [2.05, 4.69) is 10.5 Å². The van der Waals surface area contributed by atoms with Crippen LogP contribution in [0.4, 0.5) is 5.82 Å². The Balaban J connectivity index is 1.76. The summed E-state index contributed by atoms with van der Waals surface area (Å²) in [5.41, 5.74) is 0.854. The van der Waals surface area contributed by atoms with Crippen molar-refractivity contribution in [3.63, 3.8) is 0 Å². The van der Waals surface area contributed by atoms with Crippen molar-refractivity contribution >= 4 is 11.7 Å². The third-order valence-electron chi connectivity index (χ3n) is 3.85. The number of hydrogen-bond acceptors (Lipinski definition) is 4.